The number of likely N-dealkylation sites (N-methyl/N-ethyl adjacent to an activating group) is 2. The number of rotatable bonds is 13. The molecule has 2 amide bonds. The van der Waals surface area contributed by atoms with Crippen LogP contribution in [0.1, 0.15) is 44.7 Å². The Bertz CT molecular complexity index is 946. The summed E-state index contributed by atoms with van der Waals surface area (Å²) in [5.41, 5.74) is -1.14. The number of esters is 1. The van der Waals surface area contributed by atoms with E-state index in [1.54, 1.807) is 40.0 Å². The van der Waals surface area contributed by atoms with Gasteiger partial charge in [0.15, 0.2) is 0 Å². The van der Waals surface area contributed by atoms with Crippen LogP contribution in [-0.2, 0) is 31.7 Å². The number of nitrogens with zero attached hydrogens (tertiary/aromatic N) is 2. The van der Waals surface area contributed by atoms with Crippen molar-refractivity contribution in [1.82, 2.24) is 15.1 Å². The van der Waals surface area contributed by atoms with E-state index in [0.717, 1.165) is 12.1 Å². The molecule has 7 nitrogen and oxygen atoms in total. The molecular formula is C27H39ClF3N3O4. The minimum atomic E-state index is -4.50. The molecule has 0 aromatic heterocycles. The molecule has 0 radical (unpaired) electrons. The number of carbonyl (C=O) groups is 3. The predicted octanol–water partition coefficient (Wildman–Crippen LogP) is 4.41. The van der Waals surface area contributed by atoms with Crippen LogP contribution in [-0.4, -0.2) is 72.5 Å². The molecule has 0 aliphatic heterocycles. The first-order valence-corrected chi connectivity index (χ1v) is 12.0. The minimum Gasteiger partial charge on any atom is -0.459 e. The zero-order valence-electron chi connectivity index (χ0n) is 22.6. The monoisotopic (exact) mass is 561 g/mol. The SMILES string of the molecule is C=CCCN(C(=O)[C@H](CC=C)NC)[C@@H](Cc1ccc(C(F)(F)F)cc1)C(=O)N(C)CC(=O)OC(C)(C)C.Cl. The van der Waals surface area contributed by atoms with E-state index in [9.17, 15) is 27.6 Å². The van der Waals surface area contributed by atoms with Crippen LogP contribution in [0.5, 0.6) is 0 Å². The van der Waals surface area contributed by atoms with Crippen LogP contribution in [0, 0.1) is 0 Å². The van der Waals surface area contributed by atoms with Crippen molar-refractivity contribution in [3.05, 3.63) is 60.7 Å². The molecule has 1 N–H and O–H groups in total. The molecule has 0 spiro atoms. The van der Waals surface area contributed by atoms with Gasteiger partial charge in [0.2, 0.25) is 11.8 Å². The number of alkyl halides is 3. The summed E-state index contributed by atoms with van der Waals surface area (Å²) in [7, 11) is 3.03. The lowest BCUT2D eigenvalue weighted by Gasteiger charge is -2.35. The molecular weight excluding hydrogens is 523 g/mol. The van der Waals surface area contributed by atoms with Crippen LogP contribution < -0.4 is 5.32 Å². The largest absolute Gasteiger partial charge is 0.459 e. The third-order valence-electron chi connectivity index (χ3n) is 5.44. The molecule has 0 saturated carbocycles. The van der Waals surface area contributed by atoms with Crippen molar-refractivity contribution in [2.75, 3.05) is 27.2 Å². The van der Waals surface area contributed by atoms with E-state index in [1.807, 2.05) is 0 Å². The molecule has 1 aromatic rings. The van der Waals surface area contributed by atoms with Gasteiger partial charge in [0.1, 0.15) is 18.2 Å². The summed E-state index contributed by atoms with van der Waals surface area (Å²) in [6, 6.07) is 2.69. The molecule has 1 aromatic carbocycles. The second-order valence-electron chi connectivity index (χ2n) is 9.67. The van der Waals surface area contributed by atoms with E-state index in [4.69, 9.17) is 4.74 Å². The van der Waals surface area contributed by atoms with Gasteiger partial charge in [0.25, 0.3) is 0 Å². The van der Waals surface area contributed by atoms with E-state index in [1.165, 1.54) is 29.0 Å². The molecule has 214 valence electrons. The number of halogens is 4. The van der Waals surface area contributed by atoms with Crippen molar-refractivity contribution in [2.45, 2.75) is 63.9 Å². The highest BCUT2D eigenvalue weighted by Crippen LogP contribution is 2.29. The maximum absolute atomic E-state index is 13.6. The average molecular weight is 562 g/mol. The molecule has 38 heavy (non-hydrogen) atoms. The smallest absolute Gasteiger partial charge is 0.416 e. The molecule has 0 bridgehead atoms. The third kappa shape index (κ3) is 11.3. The zero-order chi connectivity index (χ0) is 28.4. The summed E-state index contributed by atoms with van der Waals surface area (Å²) in [4.78, 5) is 42.0. The molecule has 0 unspecified atom stereocenters. The first kappa shape index (κ1) is 35.2. The quantitative estimate of drug-likeness (QED) is 0.285. The van der Waals surface area contributed by atoms with Gasteiger partial charge in [-0.2, -0.15) is 13.2 Å². The summed E-state index contributed by atoms with van der Waals surface area (Å²) in [6.45, 7) is 12.3. The Hall–Kier alpha value is -2.85. The second-order valence-corrected chi connectivity index (χ2v) is 9.67. The first-order chi connectivity index (χ1) is 17.1. The van der Waals surface area contributed by atoms with Crippen molar-refractivity contribution in [1.29, 1.82) is 0 Å². The Kier molecular flexibility index (Phi) is 14.4. The van der Waals surface area contributed by atoms with Crippen LogP contribution in [0.4, 0.5) is 13.2 Å². The predicted molar refractivity (Wildman–Crippen MR) is 144 cm³/mol. The number of ether oxygens (including phenoxy) is 1. The van der Waals surface area contributed by atoms with Gasteiger partial charge < -0.3 is 19.9 Å². The minimum absolute atomic E-state index is 0. The molecule has 0 aliphatic carbocycles. The van der Waals surface area contributed by atoms with Gasteiger partial charge in [-0.25, -0.2) is 0 Å². The Balaban J connectivity index is 0.0000137. The first-order valence-electron chi connectivity index (χ1n) is 12.0. The van der Waals surface area contributed by atoms with Crippen LogP contribution in [0.3, 0.4) is 0 Å². The highest BCUT2D eigenvalue weighted by atomic mass is 35.5. The van der Waals surface area contributed by atoms with E-state index in [-0.39, 0.29) is 37.8 Å². The Morgan fingerprint density at radius 3 is 2.08 bits per heavy atom. The summed E-state index contributed by atoms with van der Waals surface area (Å²) < 4.78 is 44.4. The standard InChI is InChI=1S/C27H38F3N3O4.ClH/c1-8-10-16-33(24(35)21(31-6)11-9-2)22(17-19-12-14-20(15-13-19)27(28,29)30)25(36)32(7)18-23(34)37-26(3,4)5;/h8-9,12-15,21-22,31H,1-2,10-11,16-18H2,3-7H3;1H/t21-,22-;/m0./s1. The number of carbonyl (C=O) groups excluding carboxylic acids is 3. The van der Waals surface area contributed by atoms with Crippen molar-refractivity contribution in [3.63, 3.8) is 0 Å². The Morgan fingerprint density at radius 1 is 1.05 bits per heavy atom. The molecule has 0 heterocycles. The van der Waals surface area contributed by atoms with Gasteiger partial charge in [0, 0.05) is 20.0 Å². The number of benzene rings is 1. The molecule has 0 aliphatic rings. The van der Waals surface area contributed by atoms with Crippen LogP contribution >= 0.6 is 12.4 Å². The van der Waals surface area contributed by atoms with Gasteiger partial charge in [-0.05, 0) is 58.4 Å². The lowest BCUT2D eigenvalue weighted by molar-refractivity contribution is -0.159. The lowest BCUT2D eigenvalue weighted by atomic mass is 10.00. The Labute approximate surface area is 229 Å². The van der Waals surface area contributed by atoms with E-state index in [0.29, 0.717) is 18.4 Å². The maximum Gasteiger partial charge on any atom is 0.416 e. The fourth-order valence-electron chi connectivity index (χ4n) is 3.64. The number of hydrogen-bond donors (Lipinski definition) is 1. The fraction of sp³-hybridized carbons (Fsp3) is 0.519. The van der Waals surface area contributed by atoms with E-state index >= 15 is 0 Å². The van der Waals surface area contributed by atoms with Crippen LogP contribution in [0.2, 0.25) is 0 Å². The van der Waals surface area contributed by atoms with Gasteiger partial charge in [-0.3, -0.25) is 14.4 Å². The summed E-state index contributed by atoms with van der Waals surface area (Å²) in [5, 5.41) is 2.92. The van der Waals surface area contributed by atoms with Crippen LogP contribution in [0.15, 0.2) is 49.6 Å². The number of amides is 2. The van der Waals surface area contributed by atoms with Gasteiger partial charge in [0.05, 0.1) is 11.6 Å². The van der Waals surface area contributed by atoms with Crippen molar-refractivity contribution in [3.8, 4) is 0 Å². The number of nitrogens with one attached hydrogen (secondary N) is 1. The molecule has 2 atom stereocenters. The van der Waals surface area contributed by atoms with Crippen LogP contribution in [0.25, 0.3) is 0 Å². The average Bonchev–Trinajstić information content (AvgIpc) is 2.79. The van der Waals surface area contributed by atoms with Gasteiger partial charge in [-0.15, -0.1) is 25.6 Å². The molecule has 0 fully saturated rings. The molecule has 1 rings (SSSR count). The van der Waals surface area contributed by atoms with Crippen molar-refractivity contribution < 1.29 is 32.3 Å². The third-order valence-corrected chi connectivity index (χ3v) is 5.44. The topological polar surface area (TPSA) is 79.0 Å². The Morgan fingerprint density at radius 2 is 1.63 bits per heavy atom. The van der Waals surface area contributed by atoms with Gasteiger partial charge in [-0.1, -0.05) is 24.3 Å². The number of hydrogen-bond acceptors (Lipinski definition) is 5. The summed E-state index contributed by atoms with van der Waals surface area (Å²) >= 11 is 0. The highest BCUT2D eigenvalue weighted by Gasteiger charge is 2.36. The van der Waals surface area contributed by atoms with E-state index in [2.05, 4.69) is 18.5 Å². The molecule has 11 heteroatoms. The second kappa shape index (κ2) is 15.5. The molecule has 0 saturated heterocycles. The fourth-order valence-corrected chi connectivity index (χ4v) is 3.64. The van der Waals surface area contributed by atoms with Gasteiger partial charge >= 0.3 is 12.1 Å². The highest BCUT2D eigenvalue weighted by molar-refractivity contribution is 5.91. The maximum atomic E-state index is 13.6. The van der Waals surface area contributed by atoms with E-state index < -0.39 is 41.3 Å². The zero-order valence-corrected chi connectivity index (χ0v) is 23.5. The summed E-state index contributed by atoms with van der Waals surface area (Å²) in [6.07, 6.45) is -0.697. The van der Waals surface area contributed by atoms with Crippen molar-refractivity contribution in [2.24, 2.45) is 0 Å². The lowest BCUT2D eigenvalue weighted by Crippen LogP contribution is -2.56. The summed E-state index contributed by atoms with van der Waals surface area (Å²) in [5.74, 6) is -1.54. The normalized spacial score (nSPS) is 12.9. The van der Waals surface area contributed by atoms with Crippen molar-refractivity contribution >= 4 is 30.2 Å².